The van der Waals surface area contributed by atoms with Gasteiger partial charge in [-0.05, 0) is 55.6 Å². The van der Waals surface area contributed by atoms with Crippen LogP contribution in [0.25, 0.3) is 54.6 Å². The zero-order chi connectivity index (χ0) is 22.4. The van der Waals surface area contributed by atoms with Gasteiger partial charge in [0, 0.05) is 16.1 Å². The molecule has 2 heteroatoms. The van der Waals surface area contributed by atoms with Crippen LogP contribution in [0.5, 0.6) is 0 Å². The van der Waals surface area contributed by atoms with Crippen molar-refractivity contribution < 1.29 is 0 Å². The molecule has 0 aliphatic rings. The molecule has 154 valence electrons. The van der Waals surface area contributed by atoms with E-state index in [0.29, 0.717) is 10.6 Å². The minimum atomic E-state index is 0.616. The summed E-state index contributed by atoms with van der Waals surface area (Å²) in [6, 6.07) is 39.6. The van der Waals surface area contributed by atoms with Crippen molar-refractivity contribution in [3.8, 4) is 28.3 Å². The van der Waals surface area contributed by atoms with Crippen LogP contribution in [0.3, 0.4) is 0 Å². The lowest BCUT2D eigenvalue weighted by atomic mass is 9.86. The number of benzene rings is 6. The molecular weight excluding hydrogens is 422 g/mol. The van der Waals surface area contributed by atoms with Gasteiger partial charge in [0.2, 0.25) is 0 Å². The van der Waals surface area contributed by atoms with Crippen LogP contribution in [0.2, 0.25) is 5.02 Å². The number of nitrogens with zero attached hydrogens (tertiary/aromatic N) is 1. The fourth-order valence-electron chi connectivity index (χ4n) is 4.97. The number of halogens is 1. The summed E-state index contributed by atoms with van der Waals surface area (Å²) in [6.45, 7) is 0. The van der Waals surface area contributed by atoms with Crippen LogP contribution in [-0.4, -0.2) is 0 Å². The normalized spacial score (nSPS) is 11.2. The van der Waals surface area contributed by atoms with Crippen LogP contribution in [0.1, 0.15) is 5.56 Å². The highest BCUT2D eigenvalue weighted by atomic mass is 35.5. The molecule has 0 spiro atoms. The second kappa shape index (κ2) is 7.78. The van der Waals surface area contributed by atoms with Crippen molar-refractivity contribution in [1.82, 2.24) is 0 Å². The van der Waals surface area contributed by atoms with E-state index in [2.05, 4.69) is 72.8 Å². The maximum absolute atomic E-state index is 10.3. The molecule has 0 saturated heterocycles. The molecule has 0 heterocycles. The predicted octanol–water partition coefficient (Wildman–Crippen LogP) is 9.01. The van der Waals surface area contributed by atoms with E-state index in [1.54, 1.807) is 0 Å². The van der Waals surface area contributed by atoms with Gasteiger partial charge in [-0.15, -0.1) is 0 Å². The SMILES string of the molecule is N#Cc1c(-c2ccccc2)cc(Cl)cc1-c1cccc2c3ccccc3c3ccccc3c12. The third kappa shape index (κ3) is 3.08. The quantitative estimate of drug-likeness (QED) is 0.247. The molecule has 6 aromatic carbocycles. The minimum Gasteiger partial charge on any atom is -0.192 e. The van der Waals surface area contributed by atoms with Gasteiger partial charge in [0.1, 0.15) is 6.07 Å². The van der Waals surface area contributed by atoms with Crippen molar-refractivity contribution in [1.29, 1.82) is 5.26 Å². The average Bonchev–Trinajstić information content (AvgIpc) is 2.88. The number of nitriles is 1. The molecule has 0 aliphatic carbocycles. The first-order valence-electron chi connectivity index (χ1n) is 10.9. The summed E-state index contributed by atoms with van der Waals surface area (Å²) in [5.41, 5.74) is 4.34. The van der Waals surface area contributed by atoms with Gasteiger partial charge in [0.15, 0.2) is 0 Å². The Bertz CT molecular complexity index is 1680. The summed E-state index contributed by atoms with van der Waals surface area (Å²) in [4.78, 5) is 0. The molecule has 1 nitrogen and oxygen atoms in total. The molecule has 0 atom stereocenters. The molecule has 0 N–H and O–H groups in total. The lowest BCUT2D eigenvalue weighted by Crippen LogP contribution is -1.93. The van der Waals surface area contributed by atoms with Crippen LogP contribution in [0.15, 0.2) is 109 Å². The molecule has 33 heavy (non-hydrogen) atoms. The van der Waals surface area contributed by atoms with Gasteiger partial charge < -0.3 is 0 Å². The summed E-state index contributed by atoms with van der Waals surface area (Å²) in [7, 11) is 0. The zero-order valence-electron chi connectivity index (χ0n) is 17.7. The van der Waals surface area contributed by atoms with E-state index < -0.39 is 0 Å². The predicted molar refractivity (Wildman–Crippen MR) is 140 cm³/mol. The Balaban J connectivity index is 1.80. The van der Waals surface area contributed by atoms with Crippen molar-refractivity contribution in [3.63, 3.8) is 0 Å². The molecule has 0 aliphatic heterocycles. The van der Waals surface area contributed by atoms with E-state index in [1.807, 2.05) is 42.5 Å². The van der Waals surface area contributed by atoms with Crippen LogP contribution in [-0.2, 0) is 0 Å². The van der Waals surface area contributed by atoms with Crippen molar-refractivity contribution in [2.75, 3.05) is 0 Å². The van der Waals surface area contributed by atoms with Crippen LogP contribution < -0.4 is 0 Å². The molecule has 0 fully saturated rings. The summed E-state index contributed by atoms with van der Waals surface area (Å²) in [5.74, 6) is 0. The van der Waals surface area contributed by atoms with Crippen molar-refractivity contribution in [2.24, 2.45) is 0 Å². The van der Waals surface area contributed by atoms with E-state index >= 15 is 0 Å². The molecule has 0 saturated carbocycles. The lowest BCUT2D eigenvalue weighted by Gasteiger charge is -2.17. The second-order valence-electron chi connectivity index (χ2n) is 8.17. The maximum Gasteiger partial charge on any atom is 0.100 e. The molecule has 6 rings (SSSR count). The molecule has 0 bridgehead atoms. The van der Waals surface area contributed by atoms with E-state index in [0.717, 1.165) is 27.6 Å². The van der Waals surface area contributed by atoms with E-state index in [4.69, 9.17) is 11.6 Å². The van der Waals surface area contributed by atoms with Gasteiger partial charge >= 0.3 is 0 Å². The minimum absolute atomic E-state index is 0.616. The first-order valence-corrected chi connectivity index (χ1v) is 11.3. The number of hydrogen-bond donors (Lipinski definition) is 0. The lowest BCUT2D eigenvalue weighted by molar-refractivity contribution is 1.47. The highest BCUT2D eigenvalue weighted by Gasteiger charge is 2.18. The molecule has 0 aromatic heterocycles. The van der Waals surface area contributed by atoms with Crippen LogP contribution in [0.4, 0.5) is 0 Å². The standard InChI is InChI=1S/C31H18ClN/c32-21-17-28(20-9-2-1-3-10-20)30(19-33)29(18-21)27-16-8-15-26-24-12-5-4-11-22(24)23-13-6-7-14-25(23)31(26)27/h1-18H. The van der Waals surface area contributed by atoms with E-state index in [9.17, 15) is 5.26 Å². The monoisotopic (exact) mass is 439 g/mol. The highest BCUT2D eigenvalue weighted by molar-refractivity contribution is 6.32. The number of hydrogen-bond acceptors (Lipinski definition) is 1. The zero-order valence-corrected chi connectivity index (χ0v) is 18.5. The summed E-state index contributed by atoms with van der Waals surface area (Å²) < 4.78 is 0. The second-order valence-corrected chi connectivity index (χ2v) is 8.61. The first kappa shape index (κ1) is 19.6. The summed E-state index contributed by atoms with van der Waals surface area (Å²) >= 11 is 6.63. The third-order valence-corrected chi connectivity index (χ3v) is 6.58. The Morgan fingerprint density at radius 2 is 1.03 bits per heavy atom. The average molecular weight is 440 g/mol. The van der Waals surface area contributed by atoms with Gasteiger partial charge in [-0.1, -0.05) is 109 Å². The van der Waals surface area contributed by atoms with Gasteiger partial charge in [-0.2, -0.15) is 5.26 Å². The van der Waals surface area contributed by atoms with Gasteiger partial charge in [-0.3, -0.25) is 0 Å². The Hall–Kier alpha value is -4.12. The van der Waals surface area contributed by atoms with E-state index in [1.165, 1.54) is 26.9 Å². The van der Waals surface area contributed by atoms with E-state index in [-0.39, 0.29) is 0 Å². The van der Waals surface area contributed by atoms with Crippen molar-refractivity contribution >= 4 is 43.9 Å². The highest BCUT2D eigenvalue weighted by Crippen LogP contribution is 2.43. The summed E-state index contributed by atoms with van der Waals surface area (Å²) in [6.07, 6.45) is 0. The Kier molecular flexibility index (Phi) is 4.61. The molecule has 0 unspecified atom stereocenters. The summed E-state index contributed by atoms with van der Waals surface area (Å²) in [5, 5.41) is 18.0. The van der Waals surface area contributed by atoms with Crippen LogP contribution in [0, 0.1) is 11.3 Å². The van der Waals surface area contributed by atoms with Crippen LogP contribution >= 0.6 is 11.6 Å². The van der Waals surface area contributed by atoms with Gasteiger partial charge in [0.25, 0.3) is 0 Å². The third-order valence-electron chi connectivity index (χ3n) is 6.36. The van der Waals surface area contributed by atoms with Crippen molar-refractivity contribution in [3.05, 3.63) is 120 Å². The molecule has 0 amide bonds. The first-order chi connectivity index (χ1) is 16.3. The molecule has 6 aromatic rings. The Morgan fingerprint density at radius 3 is 1.67 bits per heavy atom. The fraction of sp³-hybridized carbons (Fsp3) is 0. The topological polar surface area (TPSA) is 23.8 Å². The Morgan fingerprint density at radius 1 is 0.515 bits per heavy atom. The smallest absolute Gasteiger partial charge is 0.100 e. The largest absolute Gasteiger partial charge is 0.192 e. The Labute approximate surface area is 197 Å². The number of rotatable bonds is 2. The molecule has 0 radical (unpaired) electrons. The van der Waals surface area contributed by atoms with Gasteiger partial charge in [-0.25, -0.2) is 0 Å². The molecular formula is C31H18ClN. The fourth-order valence-corrected chi connectivity index (χ4v) is 5.18. The number of fused-ring (bicyclic) bond motifs is 6. The van der Waals surface area contributed by atoms with Crippen molar-refractivity contribution in [2.45, 2.75) is 0 Å². The maximum atomic E-state index is 10.3. The van der Waals surface area contributed by atoms with Gasteiger partial charge in [0.05, 0.1) is 5.56 Å².